The molecule has 1 aliphatic rings. The Morgan fingerprint density at radius 3 is 2.57 bits per heavy atom. The van der Waals surface area contributed by atoms with Crippen molar-refractivity contribution in [2.24, 2.45) is 0 Å². The molecule has 0 aromatic heterocycles. The summed E-state index contributed by atoms with van der Waals surface area (Å²) in [5.41, 5.74) is 1.86. The third-order valence-corrected chi connectivity index (χ3v) is 4.36. The fraction of sp³-hybridized carbons (Fsp3) is 0.562. The number of ether oxygens (including phenoxy) is 1. The fourth-order valence-corrected chi connectivity index (χ4v) is 2.78. The summed E-state index contributed by atoms with van der Waals surface area (Å²) in [5.74, 6) is 0.771. The minimum absolute atomic E-state index is 0.0386. The Balaban J connectivity index is 2.02. The molecule has 5 nitrogen and oxygen atoms in total. The lowest BCUT2D eigenvalue weighted by Gasteiger charge is -2.30. The van der Waals surface area contributed by atoms with Crippen molar-refractivity contribution >= 4 is 11.6 Å². The van der Waals surface area contributed by atoms with Gasteiger partial charge in [-0.1, -0.05) is 6.07 Å². The van der Waals surface area contributed by atoms with Crippen molar-refractivity contribution in [2.45, 2.75) is 19.9 Å². The van der Waals surface area contributed by atoms with Crippen LogP contribution in [0, 0.1) is 6.92 Å². The third-order valence-electron chi connectivity index (χ3n) is 4.36. The minimum Gasteiger partial charge on any atom is -0.495 e. The largest absolute Gasteiger partial charge is 0.495 e. The van der Waals surface area contributed by atoms with Gasteiger partial charge in [0.1, 0.15) is 31.9 Å². The molecule has 21 heavy (non-hydrogen) atoms. The Bertz CT molecular complexity index is 496. The minimum atomic E-state index is -0.0386. The first-order valence-corrected chi connectivity index (χ1v) is 7.62. The zero-order valence-corrected chi connectivity index (χ0v) is 13.5. The number of quaternary nitrogens is 2. The maximum atomic E-state index is 12.5. The van der Waals surface area contributed by atoms with Crippen molar-refractivity contribution in [1.82, 2.24) is 0 Å². The lowest BCUT2D eigenvalue weighted by atomic mass is 10.1. The van der Waals surface area contributed by atoms with E-state index in [4.69, 9.17) is 4.74 Å². The summed E-state index contributed by atoms with van der Waals surface area (Å²) in [5, 5.41) is 3.02. The molecule has 1 atom stereocenters. The highest BCUT2D eigenvalue weighted by atomic mass is 16.5. The Labute approximate surface area is 126 Å². The average Bonchev–Trinajstić information content (AvgIpc) is 2.47. The molecule has 0 spiro atoms. The molecular formula is C16H27N3O2+2. The summed E-state index contributed by atoms with van der Waals surface area (Å²) < 4.78 is 5.32. The first-order valence-electron chi connectivity index (χ1n) is 7.62. The van der Waals surface area contributed by atoms with Crippen molar-refractivity contribution in [2.75, 3.05) is 45.7 Å². The first-order chi connectivity index (χ1) is 10.0. The molecule has 1 aromatic carbocycles. The number of anilines is 1. The maximum Gasteiger partial charge on any atom is 0.282 e. The van der Waals surface area contributed by atoms with Crippen LogP contribution in [0.15, 0.2) is 18.2 Å². The number of benzene rings is 1. The van der Waals surface area contributed by atoms with E-state index in [9.17, 15) is 4.79 Å². The van der Waals surface area contributed by atoms with Crippen LogP contribution < -0.4 is 19.9 Å². The van der Waals surface area contributed by atoms with Crippen LogP contribution >= 0.6 is 0 Å². The fourth-order valence-electron chi connectivity index (χ4n) is 2.78. The van der Waals surface area contributed by atoms with Gasteiger partial charge in [-0.3, -0.25) is 4.79 Å². The van der Waals surface area contributed by atoms with Gasteiger partial charge in [0.25, 0.3) is 5.91 Å². The van der Waals surface area contributed by atoms with Gasteiger partial charge in [-0.15, -0.1) is 0 Å². The second-order valence-electron chi connectivity index (χ2n) is 6.03. The van der Waals surface area contributed by atoms with E-state index in [1.54, 1.807) is 12.0 Å². The van der Waals surface area contributed by atoms with Crippen LogP contribution in [-0.4, -0.2) is 52.3 Å². The number of methoxy groups -OCH3 is 1. The Kier molecular flexibility index (Phi) is 5.20. The Morgan fingerprint density at radius 2 is 1.95 bits per heavy atom. The summed E-state index contributed by atoms with van der Waals surface area (Å²) in [6.45, 7) is 8.36. The second kappa shape index (κ2) is 6.91. The van der Waals surface area contributed by atoms with Crippen LogP contribution in [0.1, 0.15) is 12.5 Å². The van der Waals surface area contributed by atoms with Crippen LogP contribution in [-0.2, 0) is 4.79 Å². The predicted octanol–water partition coefficient (Wildman–Crippen LogP) is -1.26. The van der Waals surface area contributed by atoms with Gasteiger partial charge >= 0.3 is 0 Å². The highest BCUT2D eigenvalue weighted by molar-refractivity contribution is 5.95. The van der Waals surface area contributed by atoms with Crippen LogP contribution in [0.4, 0.5) is 5.69 Å². The van der Waals surface area contributed by atoms with E-state index < -0.39 is 0 Å². The first kappa shape index (κ1) is 15.8. The molecule has 0 radical (unpaired) electrons. The molecule has 1 heterocycles. The van der Waals surface area contributed by atoms with Crippen LogP contribution in [0.2, 0.25) is 0 Å². The van der Waals surface area contributed by atoms with Crippen LogP contribution in [0.3, 0.4) is 0 Å². The van der Waals surface area contributed by atoms with Gasteiger partial charge in [0.05, 0.1) is 19.8 Å². The number of rotatable bonds is 4. The number of carbonyl (C=O) groups excluding carboxylic acids is 1. The van der Waals surface area contributed by atoms with Crippen molar-refractivity contribution < 1.29 is 19.3 Å². The van der Waals surface area contributed by atoms with Gasteiger partial charge in [-0.05, 0) is 31.5 Å². The zero-order chi connectivity index (χ0) is 15.4. The number of likely N-dealkylation sites (N-methyl/N-ethyl adjacent to an activating group) is 1. The van der Waals surface area contributed by atoms with Crippen molar-refractivity contribution in [3.05, 3.63) is 23.8 Å². The quantitative estimate of drug-likeness (QED) is 0.649. The molecule has 5 heteroatoms. The average molecular weight is 293 g/mol. The number of nitrogens with one attached hydrogen (secondary N) is 3. The molecule has 2 rings (SSSR count). The molecule has 1 amide bonds. The number of aryl methyl sites for hydroxylation is 1. The lowest BCUT2D eigenvalue weighted by Crippen LogP contribution is -3.29. The second-order valence-corrected chi connectivity index (χ2v) is 6.03. The van der Waals surface area contributed by atoms with Gasteiger partial charge in [-0.25, -0.2) is 0 Å². The van der Waals surface area contributed by atoms with E-state index in [1.165, 1.54) is 4.90 Å². The molecule has 0 bridgehead atoms. The molecule has 0 saturated carbocycles. The Hall–Kier alpha value is -1.59. The molecule has 1 saturated heterocycles. The summed E-state index contributed by atoms with van der Waals surface area (Å²) in [4.78, 5) is 15.4. The summed E-state index contributed by atoms with van der Waals surface area (Å²) in [6.07, 6.45) is 0. The SMILES string of the molecule is COc1ccc(C)cc1NC(=O)[C@@H](C)[NH+]1CC[NH+](C)CC1. The third kappa shape index (κ3) is 3.95. The highest BCUT2D eigenvalue weighted by Crippen LogP contribution is 2.25. The normalized spacial score (nSPS) is 23.4. The molecular weight excluding hydrogens is 266 g/mol. The van der Waals surface area contributed by atoms with Gasteiger partial charge in [0.15, 0.2) is 6.04 Å². The maximum absolute atomic E-state index is 12.5. The summed E-state index contributed by atoms with van der Waals surface area (Å²) in [6, 6.07) is 5.78. The molecule has 1 aliphatic heterocycles. The van der Waals surface area contributed by atoms with Crippen molar-refractivity contribution in [3.8, 4) is 5.75 Å². The van der Waals surface area contributed by atoms with Crippen molar-refractivity contribution in [3.63, 3.8) is 0 Å². The van der Waals surface area contributed by atoms with Gasteiger partial charge < -0.3 is 19.9 Å². The van der Waals surface area contributed by atoms with E-state index in [0.717, 1.165) is 37.4 Å². The summed E-state index contributed by atoms with van der Waals surface area (Å²) in [7, 11) is 3.83. The standard InChI is InChI=1S/C16H25N3O2/c1-12-5-6-15(21-4)14(11-12)17-16(20)13(2)19-9-7-18(3)8-10-19/h5-6,11,13H,7-10H2,1-4H3,(H,17,20)/p+2/t13-/m1/s1. The highest BCUT2D eigenvalue weighted by Gasteiger charge is 2.30. The molecule has 0 unspecified atom stereocenters. The molecule has 116 valence electrons. The van der Waals surface area contributed by atoms with E-state index in [1.807, 2.05) is 32.0 Å². The number of hydrogen-bond donors (Lipinski definition) is 3. The smallest absolute Gasteiger partial charge is 0.282 e. The van der Waals surface area contributed by atoms with Gasteiger partial charge in [0, 0.05) is 0 Å². The van der Waals surface area contributed by atoms with E-state index >= 15 is 0 Å². The topological polar surface area (TPSA) is 47.2 Å². The number of carbonyl (C=O) groups is 1. The monoisotopic (exact) mass is 293 g/mol. The van der Waals surface area contributed by atoms with Gasteiger partial charge in [-0.2, -0.15) is 0 Å². The molecule has 1 aromatic rings. The molecule has 0 aliphatic carbocycles. The lowest BCUT2D eigenvalue weighted by molar-refractivity contribution is -1.01. The van der Waals surface area contributed by atoms with Crippen molar-refractivity contribution in [1.29, 1.82) is 0 Å². The van der Waals surface area contributed by atoms with Crippen LogP contribution in [0.5, 0.6) is 5.75 Å². The van der Waals surface area contributed by atoms with E-state index in [0.29, 0.717) is 5.75 Å². The predicted molar refractivity (Wildman–Crippen MR) is 83.1 cm³/mol. The molecule has 3 N–H and O–H groups in total. The number of amides is 1. The number of piperazine rings is 1. The Morgan fingerprint density at radius 1 is 1.29 bits per heavy atom. The number of hydrogen-bond acceptors (Lipinski definition) is 2. The summed E-state index contributed by atoms with van der Waals surface area (Å²) >= 11 is 0. The van der Waals surface area contributed by atoms with Crippen LogP contribution in [0.25, 0.3) is 0 Å². The zero-order valence-electron chi connectivity index (χ0n) is 13.5. The van der Waals surface area contributed by atoms with E-state index in [2.05, 4.69) is 12.4 Å². The van der Waals surface area contributed by atoms with Gasteiger partial charge in [0.2, 0.25) is 0 Å². The molecule has 1 fully saturated rings. The van der Waals surface area contributed by atoms with E-state index in [-0.39, 0.29) is 11.9 Å².